The molecule has 35 heavy (non-hydrogen) atoms. The maximum atomic E-state index is 10.2. The van der Waals surface area contributed by atoms with Crippen LogP contribution in [-0.4, -0.2) is 143 Å². The van der Waals surface area contributed by atoms with Crippen LogP contribution in [0.15, 0.2) is 12.7 Å². The SMILES string of the molecule is C=CCOCCOCCOCCOCCOCCOCCOCCOCCOCCOCC(=O)O. The van der Waals surface area contributed by atoms with Gasteiger partial charge in [0.05, 0.1) is 126 Å². The fourth-order valence-electron chi connectivity index (χ4n) is 2.20. The summed E-state index contributed by atoms with van der Waals surface area (Å²) in [4.78, 5) is 10.2. The average Bonchev–Trinajstić information content (AvgIpc) is 2.85. The first-order valence-electron chi connectivity index (χ1n) is 11.9. The fourth-order valence-corrected chi connectivity index (χ4v) is 2.20. The Morgan fingerprint density at radius 2 is 0.686 bits per heavy atom. The molecule has 0 aromatic carbocycles. The molecule has 0 aliphatic carbocycles. The van der Waals surface area contributed by atoms with Gasteiger partial charge in [0.2, 0.25) is 0 Å². The molecule has 0 fully saturated rings. The Morgan fingerprint density at radius 1 is 0.457 bits per heavy atom. The van der Waals surface area contributed by atoms with Gasteiger partial charge in [-0.3, -0.25) is 0 Å². The maximum Gasteiger partial charge on any atom is 0.329 e. The van der Waals surface area contributed by atoms with E-state index >= 15 is 0 Å². The Balaban J connectivity index is 3.02. The first-order chi connectivity index (χ1) is 17.3. The molecule has 0 rings (SSSR count). The molecule has 0 atom stereocenters. The van der Waals surface area contributed by atoms with E-state index < -0.39 is 5.97 Å². The average molecular weight is 513 g/mol. The highest BCUT2D eigenvalue weighted by Gasteiger charge is 1.97. The van der Waals surface area contributed by atoms with E-state index in [1.807, 2.05) is 0 Å². The number of hydrogen-bond acceptors (Lipinski definition) is 11. The summed E-state index contributed by atoms with van der Waals surface area (Å²) in [6, 6.07) is 0. The maximum absolute atomic E-state index is 10.2. The highest BCUT2D eigenvalue weighted by molar-refractivity contribution is 5.67. The summed E-state index contributed by atoms with van der Waals surface area (Å²) >= 11 is 0. The van der Waals surface area contributed by atoms with Crippen LogP contribution in [0.25, 0.3) is 0 Å². The van der Waals surface area contributed by atoms with Gasteiger partial charge in [-0.1, -0.05) is 6.08 Å². The lowest BCUT2D eigenvalue weighted by Gasteiger charge is -2.08. The molecule has 0 aromatic heterocycles. The van der Waals surface area contributed by atoms with Crippen molar-refractivity contribution in [3.05, 3.63) is 12.7 Å². The Kier molecular flexibility index (Phi) is 29.8. The second-order valence-electron chi connectivity index (χ2n) is 6.71. The molecule has 0 spiro atoms. The molecule has 0 amide bonds. The summed E-state index contributed by atoms with van der Waals surface area (Å²) in [5.41, 5.74) is 0. The quantitative estimate of drug-likeness (QED) is 0.102. The minimum absolute atomic E-state index is 0.245. The highest BCUT2D eigenvalue weighted by atomic mass is 16.6. The van der Waals surface area contributed by atoms with Gasteiger partial charge >= 0.3 is 5.97 Å². The third kappa shape index (κ3) is 32.8. The summed E-state index contributed by atoms with van der Waals surface area (Å²) in [5, 5.41) is 8.39. The zero-order chi connectivity index (χ0) is 25.5. The third-order valence-electron chi connectivity index (χ3n) is 3.81. The van der Waals surface area contributed by atoms with Crippen LogP contribution in [0.4, 0.5) is 0 Å². The molecule has 1 N–H and O–H groups in total. The Labute approximate surface area is 208 Å². The van der Waals surface area contributed by atoms with Gasteiger partial charge in [-0.2, -0.15) is 0 Å². The molecule has 0 aromatic rings. The van der Waals surface area contributed by atoms with Crippen molar-refractivity contribution >= 4 is 5.97 Å². The monoisotopic (exact) mass is 512 g/mol. The van der Waals surface area contributed by atoms with Gasteiger partial charge in [-0.15, -0.1) is 6.58 Å². The highest BCUT2D eigenvalue weighted by Crippen LogP contribution is 1.86. The van der Waals surface area contributed by atoms with E-state index in [0.717, 1.165) is 0 Å². The van der Waals surface area contributed by atoms with Crippen LogP contribution in [0.5, 0.6) is 0 Å². The lowest BCUT2D eigenvalue weighted by molar-refractivity contribution is -0.142. The number of aliphatic carboxylic acids is 1. The number of carboxylic acid groups (broad SMARTS) is 1. The zero-order valence-electron chi connectivity index (χ0n) is 20.9. The van der Waals surface area contributed by atoms with Crippen molar-refractivity contribution in [1.82, 2.24) is 0 Å². The molecule has 0 unspecified atom stereocenters. The van der Waals surface area contributed by atoms with E-state index in [9.17, 15) is 4.79 Å². The predicted octanol–water partition coefficient (Wildman–Crippen LogP) is 0.423. The Hall–Kier alpha value is -1.19. The molecule has 0 aliphatic rings. The molecule has 0 heterocycles. The second kappa shape index (κ2) is 30.8. The minimum atomic E-state index is -0.994. The Bertz CT molecular complexity index is 439. The number of carboxylic acids is 1. The van der Waals surface area contributed by atoms with Gasteiger partial charge in [-0.25, -0.2) is 4.79 Å². The van der Waals surface area contributed by atoms with E-state index in [4.69, 9.17) is 52.5 Å². The summed E-state index contributed by atoms with van der Waals surface area (Å²) < 4.78 is 53.0. The van der Waals surface area contributed by atoms with Crippen LogP contribution in [0.2, 0.25) is 0 Å². The van der Waals surface area contributed by atoms with Gasteiger partial charge in [-0.05, 0) is 0 Å². The zero-order valence-corrected chi connectivity index (χ0v) is 20.9. The number of ether oxygens (including phenoxy) is 10. The van der Waals surface area contributed by atoms with Crippen molar-refractivity contribution in [1.29, 1.82) is 0 Å². The standard InChI is InChI=1S/C23H44O12/c1-2-3-26-4-5-27-6-7-28-8-9-29-10-11-30-12-13-31-14-15-32-16-17-33-18-19-34-20-21-35-22-23(24)25/h2H,1,3-22H2,(H,24,25). The van der Waals surface area contributed by atoms with Crippen molar-refractivity contribution in [2.75, 3.05) is 132 Å². The van der Waals surface area contributed by atoms with E-state index in [1.165, 1.54) is 0 Å². The van der Waals surface area contributed by atoms with Crippen LogP contribution in [0.1, 0.15) is 0 Å². The van der Waals surface area contributed by atoms with Crippen LogP contribution in [0, 0.1) is 0 Å². The molecule has 0 saturated heterocycles. The first kappa shape index (κ1) is 33.8. The molecule has 0 bridgehead atoms. The minimum Gasteiger partial charge on any atom is -0.480 e. The number of carbonyl (C=O) groups is 1. The predicted molar refractivity (Wildman–Crippen MR) is 126 cm³/mol. The van der Waals surface area contributed by atoms with E-state index in [-0.39, 0.29) is 13.2 Å². The number of hydrogen-bond donors (Lipinski definition) is 1. The van der Waals surface area contributed by atoms with Gasteiger partial charge in [0.25, 0.3) is 0 Å². The largest absolute Gasteiger partial charge is 0.480 e. The summed E-state index contributed by atoms with van der Waals surface area (Å²) in [6.07, 6.45) is 1.70. The van der Waals surface area contributed by atoms with Crippen molar-refractivity contribution in [2.45, 2.75) is 0 Å². The molecule has 0 aliphatic heterocycles. The van der Waals surface area contributed by atoms with Gasteiger partial charge in [0.1, 0.15) is 6.61 Å². The normalized spacial score (nSPS) is 11.2. The third-order valence-corrected chi connectivity index (χ3v) is 3.81. The molecule has 208 valence electrons. The van der Waals surface area contributed by atoms with Crippen LogP contribution < -0.4 is 0 Å². The molecular weight excluding hydrogens is 468 g/mol. The summed E-state index contributed by atoms with van der Waals surface area (Å²) in [5.74, 6) is -0.994. The molecule has 0 saturated carbocycles. The fraction of sp³-hybridized carbons (Fsp3) is 0.870. The summed E-state index contributed by atoms with van der Waals surface area (Å²) in [7, 11) is 0. The lowest BCUT2D eigenvalue weighted by Crippen LogP contribution is -2.15. The van der Waals surface area contributed by atoms with Gasteiger partial charge in [0, 0.05) is 0 Å². The lowest BCUT2D eigenvalue weighted by atomic mass is 10.6. The van der Waals surface area contributed by atoms with E-state index in [1.54, 1.807) is 6.08 Å². The Morgan fingerprint density at radius 3 is 0.914 bits per heavy atom. The van der Waals surface area contributed by atoms with Crippen molar-refractivity contribution < 1.29 is 57.3 Å². The van der Waals surface area contributed by atoms with Gasteiger partial charge < -0.3 is 52.5 Å². The molecule has 12 heteroatoms. The molecular formula is C23H44O12. The first-order valence-corrected chi connectivity index (χ1v) is 11.9. The molecule has 12 nitrogen and oxygen atoms in total. The van der Waals surface area contributed by atoms with E-state index in [0.29, 0.717) is 119 Å². The van der Waals surface area contributed by atoms with Crippen molar-refractivity contribution in [3.63, 3.8) is 0 Å². The van der Waals surface area contributed by atoms with Crippen LogP contribution in [0.3, 0.4) is 0 Å². The number of rotatable bonds is 31. The van der Waals surface area contributed by atoms with Gasteiger partial charge in [0.15, 0.2) is 0 Å². The summed E-state index contributed by atoms with van der Waals surface area (Å²) in [6.45, 7) is 12.3. The topological polar surface area (TPSA) is 130 Å². The molecule has 0 radical (unpaired) electrons. The van der Waals surface area contributed by atoms with Crippen molar-refractivity contribution in [2.24, 2.45) is 0 Å². The van der Waals surface area contributed by atoms with E-state index in [2.05, 4.69) is 6.58 Å². The van der Waals surface area contributed by atoms with Crippen LogP contribution in [-0.2, 0) is 52.2 Å². The van der Waals surface area contributed by atoms with Crippen LogP contribution >= 0.6 is 0 Å². The second-order valence-corrected chi connectivity index (χ2v) is 6.71. The van der Waals surface area contributed by atoms with Crippen molar-refractivity contribution in [3.8, 4) is 0 Å². The smallest absolute Gasteiger partial charge is 0.329 e.